The third-order valence-electron chi connectivity index (χ3n) is 10.1. The van der Waals surface area contributed by atoms with Gasteiger partial charge in [-0.05, 0) is 48.3 Å². The Bertz CT molecular complexity index is 582. The fraction of sp³-hybridized carbons (Fsp3) is 0.909. The summed E-state index contributed by atoms with van der Waals surface area (Å²) in [7, 11) is 0. The quantitative estimate of drug-likeness (QED) is 0.841. The average Bonchev–Trinajstić information content (AvgIpc) is 3.01. The van der Waals surface area contributed by atoms with Crippen LogP contribution in [0.5, 0.6) is 0 Å². The zero-order chi connectivity index (χ0) is 18.4. The summed E-state index contributed by atoms with van der Waals surface area (Å²) in [6.45, 7) is 15.0. The van der Waals surface area contributed by atoms with Gasteiger partial charge in [-0.25, -0.2) is 0 Å². The molecular formula is C22H35NO2. The summed E-state index contributed by atoms with van der Waals surface area (Å²) in [6, 6.07) is 0. The maximum absolute atomic E-state index is 13.0. The van der Waals surface area contributed by atoms with Gasteiger partial charge in [-0.15, -0.1) is 0 Å². The van der Waals surface area contributed by atoms with Crippen LogP contribution in [-0.4, -0.2) is 24.7 Å². The van der Waals surface area contributed by atoms with Crippen molar-refractivity contribution in [2.75, 3.05) is 13.1 Å². The molecule has 0 aromatic rings. The van der Waals surface area contributed by atoms with Crippen LogP contribution >= 0.6 is 0 Å². The molecule has 4 bridgehead atoms. The Hall–Kier alpha value is -0.700. The Morgan fingerprint density at radius 3 is 1.40 bits per heavy atom. The number of hydrogen-bond acceptors (Lipinski definition) is 3. The van der Waals surface area contributed by atoms with Crippen LogP contribution in [0.15, 0.2) is 0 Å². The van der Waals surface area contributed by atoms with Gasteiger partial charge in [-0.3, -0.25) is 9.59 Å². The topological polar surface area (TPSA) is 46.2 Å². The number of rotatable bonds is 4. The fourth-order valence-corrected chi connectivity index (χ4v) is 7.41. The molecule has 1 N–H and O–H groups in total. The van der Waals surface area contributed by atoms with Crippen molar-refractivity contribution in [3.05, 3.63) is 0 Å². The molecular weight excluding hydrogens is 310 g/mol. The van der Waals surface area contributed by atoms with E-state index < -0.39 is 0 Å². The molecule has 4 saturated carbocycles. The SMILES string of the molecule is CC1(C)[C@@H]2CC[C@@]1(C)C(=O)[C@@H]2CNC[C@H]1C(=O)[C@]2(C)CC[C@@H]1C2(C)C. The van der Waals surface area contributed by atoms with Crippen molar-refractivity contribution in [2.45, 2.75) is 67.2 Å². The Labute approximate surface area is 152 Å². The number of fused-ring (bicyclic) bond motifs is 4. The van der Waals surface area contributed by atoms with Gasteiger partial charge in [0, 0.05) is 35.8 Å². The molecule has 0 aromatic heterocycles. The second-order valence-electron chi connectivity index (χ2n) is 11.0. The standard InChI is InChI=1S/C22H35NO2/c1-19(2)15-7-9-21(19,5)17(24)13(15)11-23-12-14-16-8-10-22(6,18(14)25)20(16,3)4/h13-16,23H,7-12H2,1-6H3/t13-,14-,15-,16+,21+,22+/m1/s1. The lowest BCUT2D eigenvalue weighted by Crippen LogP contribution is -2.40. The Morgan fingerprint density at radius 1 is 0.760 bits per heavy atom. The first-order chi connectivity index (χ1) is 11.5. The third kappa shape index (κ3) is 1.86. The van der Waals surface area contributed by atoms with Gasteiger partial charge >= 0.3 is 0 Å². The highest BCUT2D eigenvalue weighted by molar-refractivity contribution is 5.92. The Morgan fingerprint density at radius 2 is 1.12 bits per heavy atom. The van der Waals surface area contributed by atoms with Gasteiger partial charge < -0.3 is 5.32 Å². The van der Waals surface area contributed by atoms with E-state index in [1.54, 1.807) is 0 Å². The number of nitrogens with one attached hydrogen (secondary N) is 1. The fourth-order valence-electron chi connectivity index (χ4n) is 7.41. The van der Waals surface area contributed by atoms with Gasteiger partial charge in [0.05, 0.1) is 0 Å². The molecule has 140 valence electrons. The molecule has 3 nitrogen and oxygen atoms in total. The van der Waals surface area contributed by atoms with Gasteiger partial charge in [0.25, 0.3) is 0 Å². The number of carbonyl (C=O) groups excluding carboxylic acids is 2. The summed E-state index contributed by atoms with van der Waals surface area (Å²) in [5.74, 6) is 2.22. The first-order valence-electron chi connectivity index (χ1n) is 10.3. The number of carbonyl (C=O) groups is 2. The molecule has 0 aliphatic heterocycles. The predicted molar refractivity (Wildman–Crippen MR) is 99.1 cm³/mol. The summed E-state index contributed by atoms with van der Waals surface area (Å²) < 4.78 is 0. The molecule has 0 heterocycles. The van der Waals surface area contributed by atoms with Crippen molar-refractivity contribution in [3.8, 4) is 0 Å². The monoisotopic (exact) mass is 345 g/mol. The summed E-state index contributed by atoms with van der Waals surface area (Å²) >= 11 is 0. The van der Waals surface area contributed by atoms with E-state index in [1.165, 1.54) is 12.8 Å². The summed E-state index contributed by atoms with van der Waals surface area (Å²) in [6.07, 6.45) is 4.46. The summed E-state index contributed by atoms with van der Waals surface area (Å²) in [5.41, 5.74) is -0.0360. The van der Waals surface area contributed by atoms with Crippen LogP contribution < -0.4 is 5.32 Å². The maximum Gasteiger partial charge on any atom is 0.143 e. The smallest absolute Gasteiger partial charge is 0.143 e. The van der Waals surface area contributed by atoms with Crippen molar-refractivity contribution in [2.24, 2.45) is 45.3 Å². The first kappa shape index (κ1) is 17.7. The highest BCUT2D eigenvalue weighted by Gasteiger charge is 2.67. The molecule has 0 radical (unpaired) electrons. The Kier molecular flexibility index (Phi) is 3.52. The van der Waals surface area contributed by atoms with E-state index in [1.807, 2.05) is 0 Å². The van der Waals surface area contributed by atoms with Crippen LogP contribution in [-0.2, 0) is 9.59 Å². The molecule has 6 atom stereocenters. The van der Waals surface area contributed by atoms with E-state index >= 15 is 0 Å². The van der Waals surface area contributed by atoms with Crippen molar-refractivity contribution in [1.29, 1.82) is 0 Å². The van der Waals surface area contributed by atoms with Crippen LogP contribution in [0, 0.1) is 45.3 Å². The molecule has 0 unspecified atom stereocenters. The molecule has 4 rings (SSSR count). The van der Waals surface area contributed by atoms with E-state index in [0.717, 1.165) is 25.9 Å². The molecule has 25 heavy (non-hydrogen) atoms. The highest BCUT2D eigenvalue weighted by Crippen LogP contribution is 2.66. The zero-order valence-electron chi connectivity index (χ0n) is 16.9. The van der Waals surface area contributed by atoms with Crippen LogP contribution in [0.1, 0.15) is 67.2 Å². The minimum atomic E-state index is -0.137. The van der Waals surface area contributed by atoms with Crippen LogP contribution in [0.4, 0.5) is 0 Å². The van der Waals surface area contributed by atoms with Crippen molar-refractivity contribution in [1.82, 2.24) is 5.32 Å². The van der Waals surface area contributed by atoms with Gasteiger partial charge in [0.15, 0.2) is 0 Å². The van der Waals surface area contributed by atoms with Gasteiger partial charge in [-0.2, -0.15) is 0 Å². The third-order valence-corrected chi connectivity index (χ3v) is 10.1. The number of ketones is 2. The van der Waals surface area contributed by atoms with Crippen LogP contribution in [0.3, 0.4) is 0 Å². The molecule has 0 aromatic carbocycles. The second-order valence-corrected chi connectivity index (χ2v) is 11.0. The lowest BCUT2D eigenvalue weighted by Gasteiger charge is -2.32. The minimum Gasteiger partial charge on any atom is -0.315 e. The van der Waals surface area contributed by atoms with E-state index in [4.69, 9.17) is 0 Å². The summed E-state index contributed by atoms with van der Waals surface area (Å²) in [4.78, 5) is 25.9. The van der Waals surface area contributed by atoms with Gasteiger partial charge in [0.1, 0.15) is 11.6 Å². The van der Waals surface area contributed by atoms with Crippen LogP contribution in [0.25, 0.3) is 0 Å². The number of Topliss-reactive ketones (excluding diaryl/α,β-unsaturated/α-hetero) is 2. The number of hydrogen-bond donors (Lipinski definition) is 1. The largest absolute Gasteiger partial charge is 0.315 e. The molecule has 0 amide bonds. The first-order valence-corrected chi connectivity index (χ1v) is 10.3. The Balaban J connectivity index is 1.42. The summed E-state index contributed by atoms with van der Waals surface area (Å²) in [5, 5.41) is 3.57. The van der Waals surface area contributed by atoms with E-state index in [2.05, 4.69) is 46.9 Å². The lowest BCUT2D eigenvalue weighted by molar-refractivity contribution is -0.131. The van der Waals surface area contributed by atoms with E-state index in [9.17, 15) is 9.59 Å². The van der Waals surface area contributed by atoms with Crippen LogP contribution in [0.2, 0.25) is 0 Å². The normalized spacial score (nSPS) is 49.4. The maximum atomic E-state index is 13.0. The zero-order valence-corrected chi connectivity index (χ0v) is 16.9. The van der Waals surface area contributed by atoms with Crippen molar-refractivity contribution in [3.63, 3.8) is 0 Å². The van der Waals surface area contributed by atoms with E-state index in [-0.39, 0.29) is 33.5 Å². The predicted octanol–water partition coefficient (Wildman–Crippen LogP) is 3.86. The minimum absolute atomic E-state index is 0.119. The molecule has 3 heteroatoms. The van der Waals surface area contributed by atoms with Gasteiger partial charge in [0.2, 0.25) is 0 Å². The second kappa shape index (κ2) is 4.97. The molecule has 4 aliphatic carbocycles. The van der Waals surface area contributed by atoms with Crippen molar-refractivity contribution < 1.29 is 9.59 Å². The average molecular weight is 346 g/mol. The molecule has 4 aliphatic rings. The highest BCUT2D eigenvalue weighted by atomic mass is 16.1. The van der Waals surface area contributed by atoms with Gasteiger partial charge in [-0.1, -0.05) is 41.5 Å². The van der Waals surface area contributed by atoms with E-state index in [0.29, 0.717) is 23.4 Å². The molecule has 0 saturated heterocycles. The molecule has 4 fully saturated rings. The lowest BCUT2D eigenvalue weighted by atomic mass is 9.70. The van der Waals surface area contributed by atoms with Crippen molar-refractivity contribution >= 4 is 11.6 Å². The molecule has 0 spiro atoms.